The first kappa shape index (κ1) is 23.6. The third-order valence-electron chi connectivity index (χ3n) is 3.06. The van der Waals surface area contributed by atoms with E-state index in [0.29, 0.717) is 0 Å². The van der Waals surface area contributed by atoms with Crippen LogP contribution in [0.3, 0.4) is 0 Å². The molecule has 0 fully saturated rings. The molecule has 0 N–H and O–H groups in total. The lowest BCUT2D eigenvalue weighted by molar-refractivity contribution is -0.00100. The standard InChI is InChI=1S/2C9H14N.2BrH/c2*1-10(2,3)9-7-5-4-6-8-9;;/h2*4-8H,1-3H3;2*1H/q2*+1;;/p-2. The van der Waals surface area contributed by atoms with Gasteiger partial charge in [0, 0.05) is 0 Å². The van der Waals surface area contributed by atoms with E-state index in [9.17, 15) is 0 Å². The molecule has 0 radical (unpaired) electrons. The maximum Gasteiger partial charge on any atom is 0.132 e. The van der Waals surface area contributed by atoms with Crippen molar-refractivity contribution >= 4 is 11.4 Å². The van der Waals surface area contributed by atoms with Crippen LogP contribution in [0.4, 0.5) is 11.4 Å². The van der Waals surface area contributed by atoms with E-state index in [1.807, 2.05) is 12.1 Å². The second-order valence-corrected chi connectivity index (χ2v) is 6.70. The van der Waals surface area contributed by atoms with Crippen LogP contribution in [-0.4, -0.2) is 42.3 Å². The van der Waals surface area contributed by atoms with Crippen LogP contribution in [-0.2, 0) is 0 Å². The van der Waals surface area contributed by atoms with Crippen molar-refractivity contribution in [2.45, 2.75) is 0 Å². The molecule has 0 atom stereocenters. The number of rotatable bonds is 2. The number of nitrogens with zero attached hydrogens (tertiary/aromatic N) is 2. The van der Waals surface area contributed by atoms with Crippen molar-refractivity contribution in [2.75, 3.05) is 42.3 Å². The van der Waals surface area contributed by atoms with E-state index in [1.165, 1.54) is 11.4 Å². The number of hydrogen-bond acceptors (Lipinski definition) is 0. The minimum absolute atomic E-state index is 0. The fourth-order valence-electron chi connectivity index (χ4n) is 1.75. The zero-order chi connectivity index (χ0) is 15.2. The molecule has 0 amide bonds. The summed E-state index contributed by atoms with van der Waals surface area (Å²) in [6.45, 7) is 0. The van der Waals surface area contributed by atoms with E-state index in [0.717, 1.165) is 8.97 Å². The van der Waals surface area contributed by atoms with E-state index in [2.05, 4.69) is 90.8 Å². The molecule has 0 saturated heterocycles. The van der Waals surface area contributed by atoms with Gasteiger partial charge in [0.05, 0.1) is 42.3 Å². The van der Waals surface area contributed by atoms with Gasteiger partial charge in [-0.15, -0.1) is 0 Å². The van der Waals surface area contributed by atoms with Gasteiger partial charge in [-0.2, -0.15) is 0 Å². The summed E-state index contributed by atoms with van der Waals surface area (Å²) in [5, 5.41) is 0. The van der Waals surface area contributed by atoms with Gasteiger partial charge in [-0.05, 0) is 24.3 Å². The summed E-state index contributed by atoms with van der Waals surface area (Å²) >= 11 is 0. The first-order valence-electron chi connectivity index (χ1n) is 6.95. The van der Waals surface area contributed by atoms with Crippen molar-refractivity contribution in [3.8, 4) is 0 Å². The quantitative estimate of drug-likeness (QED) is 0.472. The Balaban J connectivity index is 0. The number of halogens is 2. The molecule has 124 valence electrons. The van der Waals surface area contributed by atoms with Crippen LogP contribution >= 0.6 is 0 Å². The molecule has 2 aromatic carbocycles. The van der Waals surface area contributed by atoms with E-state index < -0.39 is 0 Å². The molecule has 22 heavy (non-hydrogen) atoms. The lowest BCUT2D eigenvalue weighted by Gasteiger charge is -2.22. The highest BCUT2D eigenvalue weighted by Crippen LogP contribution is 2.14. The Bertz CT molecular complexity index is 451. The van der Waals surface area contributed by atoms with E-state index >= 15 is 0 Å². The monoisotopic (exact) mass is 430 g/mol. The molecule has 2 rings (SSSR count). The van der Waals surface area contributed by atoms with Crippen LogP contribution < -0.4 is 42.9 Å². The molecule has 0 spiro atoms. The van der Waals surface area contributed by atoms with Gasteiger partial charge in [-0.1, -0.05) is 36.4 Å². The summed E-state index contributed by atoms with van der Waals surface area (Å²) in [5.41, 5.74) is 2.67. The Morgan fingerprint density at radius 1 is 0.455 bits per heavy atom. The molecule has 0 aliphatic heterocycles. The topological polar surface area (TPSA) is 0 Å². The fraction of sp³-hybridized carbons (Fsp3) is 0.333. The summed E-state index contributed by atoms with van der Waals surface area (Å²) in [5.74, 6) is 0. The number of benzene rings is 2. The average molecular weight is 432 g/mol. The van der Waals surface area contributed by atoms with Gasteiger partial charge in [0.15, 0.2) is 0 Å². The molecule has 0 aliphatic carbocycles. The normalized spacial score (nSPS) is 10.5. The van der Waals surface area contributed by atoms with Crippen molar-refractivity contribution in [1.29, 1.82) is 0 Å². The minimum Gasteiger partial charge on any atom is -1.00 e. The number of hydrogen-bond donors (Lipinski definition) is 0. The molecule has 0 bridgehead atoms. The molecular formula is C18H28Br2N2. The molecule has 2 nitrogen and oxygen atoms in total. The van der Waals surface area contributed by atoms with Crippen LogP contribution in [0.15, 0.2) is 60.7 Å². The maximum absolute atomic E-state index is 2.16. The Morgan fingerprint density at radius 2 is 0.682 bits per heavy atom. The third kappa shape index (κ3) is 8.69. The molecule has 2 aromatic rings. The van der Waals surface area contributed by atoms with Gasteiger partial charge in [0.1, 0.15) is 11.4 Å². The fourth-order valence-corrected chi connectivity index (χ4v) is 1.75. The Morgan fingerprint density at radius 3 is 0.818 bits per heavy atom. The third-order valence-corrected chi connectivity index (χ3v) is 3.06. The Hall–Kier alpha value is -0.680. The molecule has 0 unspecified atom stereocenters. The van der Waals surface area contributed by atoms with Crippen molar-refractivity contribution in [3.05, 3.63) is 60.7 Å². The van der Waals surface area contributed by atoms with Crippen LogP contribution in [0.25, 0.3) is 0 Å². The van der Waals surface area contributed by atoms with Crippen LogP contribution in [0.5, 0.6) is 0 Å². The summed E-state index contributed by atoms with van der Waals surface area (Å²) in [4.78, 5) is 0. The second-order valence-electron chi connectivity index (χ2n) is 6.70. The van der Waals surface area contributed by atoms with Crippen LogP contribution in [0.1, 0.15) is 0 Å². The first-order valence-corrected chi connectivity index (χ1v) is 6.95. The highest BCUT2D eigenvalue weighted by molar-refractivity contribution is 5.40. The average Bonchev–Trinajstić information content (AvgIpc) is 2.40. The zero-order valence-corrected chi connectivity index (χ0v) is 17.6. The predicted octanol–water partition coefficient (Wildman–Crippen LogP) is -2.23. The number of quaternary nitrogens is 2. The minimum atomic E-state index is 0. The highest BCUT2D eigenvalue weighted by atomic mass is 79.9. The lowest BCUT2D eigenvalue weighted by atomic mass is 10.3. The zero-order valence-electron chi connectivity index (χ0n) is 14.4. The van der Waals surface area contributed by atoms with Crippen LogP contribution in [0.2, 0.25) is 0 Å². The van der Waals surface area contributed by atoms with Crippen LogP contribution in [0, 0.1) is 0 Å². The van der Waals surface area contributed by atoms with Gasteiger partial charge in [-0.25, -0.2) is 0 Å². The van der Waals surface area contributed by atoms with Crippen molar-refractivity contribution in [2.24, 2.45) is 0 Å². The molecule has 0 saturated carbocycles. The first-order chi connectivity index (χ1) is 9.21. The largest absolute Gasteiger partial charge is 1.00 e. The smallest absolute Gasteiger partial charge is 0.132 e. The Labute approximate surface area is 157 Å². The van der Waals surface area contributed by atoms with Crippen molar-refractivity contribution in [3.63, 3.8) is 0 Å². The van der Waals surface area contributed by atoms with Crippen molar-refractivity contribution in [1.82, 2.24) is 8.97 Å². The summed E-state index contributed by atoms with van der Waals surface area (Å²) < 4.78 is 1.78. The van der Waals surface area contributed by atoms with E-state index in [-0.39, 0.29) is 34.0 Å². The second kappa shape index (κ2) is 10.2. The predicted molar refractivity (Wildman–Crippen MR) is 92.0 cm³/mol. The lowest BCUT2D eigenvalue weighted by Crippen LogP contribution is -3.00. The summed E-state index contributed by atoms with van der Waals surface area (Å²) in [6.07, 6.45) is 0. The van der Waals surface area contributed by atoms with Gasteiger partial charge in [0.2, 0.25) is 0 Å². The van der Waals surface area contributed by atoms with Crippen molar-refractivity contribution < 1.29 is 34.0 Å². The van der Waals surface area contributed by atoms with Gasteiger partial charge in [0.25, 0.3) is 0 Å². The highest BCUT2D eigenvalue weighted by Gasteiger charge is 2.09. The maximum atomic E-state index is 2.16. The van der Waals surface area contributed by atoms with E-state index in [1.54, 1.807) is 0 Å². The molecule has 0 heterocycles. The van der Waals surface area contributed by atoms with Gasteiger partial charge in [-0.3, -0.25) is 8.97 Å². The summed E-state index contributed by atoms with van der Waals surface area (Å²) in [6, 6.07) is 20.9. The van der Waals surface area contributed by atoms with Gasteiger partial charge < -0.3 is 34.0 Å². The molecule has 4 heteroatoms. The van der Waals surface area contributed by atoms with Gasteiger partial charge >= 0.3 is 0 Å². The van der Waals surface area contributed by atoms with E-state index in [4.69, 9.17) is 0 Å². The molecule has 0 aromatic heterocycles. The molecule has 0 aliphatic rings. The molecular weight excluding hydrogens is 404 g/mol. The SMILES string of the molecule is C[N+](C)(C)c1ccccc1.C[N+](C)(C)c1ccccc1.[Br-].[Br-]. The summed E-state index contributed by atoms with van der Waals surface area (Å²) in [7, 11) is 13.0. The Kier molecular flexibility index (Phi) is 10.9. The number of para-hydroxylation sites is 2.